The summed E-state index contributed by atoms with van der Waals surface area (Å²) in [6, 6.07) is 7.35. The van der Waals surface area contributed by atoms with Gasteiger partial charge in [0.2, 0.25) is 15.8 Å². The van der Waals surface area contributed by atoms with E-state index < -0.39 is 10.0 Å². The number of thiophene rings is 1. The molecule has 0 saturated heterocycles. The van der Waals surface area contributed by atoms with Gasteiger partial charge in [-0.2, -0.15) is 9.29 Å². The van der Waals surface area contributed by atoms with Crippen LogP contribution in [0, 0.1) is 12.7 Å². The molecule has 0 saturated carbocycles. The summed E-state index contributed by atoms with van der Waals surface area (Å²) in [6.45, 7) is 6.55. The van der Waals surface area contributed by atoms with Crippen molar-refractivity contribution in [2.75, 3.05) is 13.1 Å². The number of unbranched alkanes of at least 4 members (excludes halogenated alkanes) is 1. The first kappa shape index (κ1) is 20.6. The Morgan fingerprint density at radius 3 is 2.57 bits per heavy atom. The van der Waals surface area contributed by atoms with Gasteiger partial charge in [0, 0.05) is 23.5 Å². The fraction of sp³-hybridized carbons (Fsp3) is 0.368. The Bertz CT molecular complexity index is 1040. The van der Waals surface area contributed by atoms with Crippen molar-refractivity contribution in [2.24, 2.45) is 0 Å². The molecular weight excluding hydrogens is 401 g/mol. The summed E-state index contributed by atoms with van der Waals surface area (Å²) in [6.07, 6.45) is 1.74. The van der Waals surface area contributed by atoms with E-state index in [2.05, 4.69) is 10.1 Å². The van der Waals surface area contributed by atoms with Gasteiger partial charge in [-0.3, -0.25) is 0 Å². The highest BCUT2D eigenvalue weighted by atomic mass is 32.2. The van der Waals surface area contributed by atoms with E-state index in [9.17, 15) is 12.8 Å². The van der Waals surface area contributed by atoms with Gasteiger partial charge in [-0.05, 0) is 43.7 Å². The zero-order valence-corrected chi connectivity index (χ0v) is 17.6. The topological polar surface area (TPSA) is 76.3 Å². The van der Waals surface area contributed by atoms with E-state index in [4.69, 9.17) is 4.52 Å². The molecule has 0 fully saturated rings. The highest BCUT2D eigenvalue weighted by Gasteiger charge is 2.27. The molecule has 1 aromatic carbocycles. The quantitative estimate of drug-likeness (QED) is 0.524. The van der Waals surface area contributed by atoms with Gasteiger partial charge in [0.05, 0.1) is 9.77 Å². The lowest BCUT2D eigenvalue weighted by Crippen LogP contribution is -2.31. The van der Waals surface area contributed by atoms with Crippen LogP contribution in [0.4, 0.5) is 4.39 Å². The molecule has 3 aromatic rings. The Balaban J connectivity index is 1.91. The molecule has 6 nitrogen and oxygen atoms in total. The van der Waals surface area contributed by atoms with Gasteiger partial charge in [0.1, 0.15) is 5.82 Å². The van der Waals surface area contributed by atoms with Gasteiger partial charge in [-0.25, -0.2) is 12.8 Å². The smallest absolute Gasteiger partial charge is 0.268 e. The van der Waals surface area contributed by atoms with Crippen LogP contribution in [0.25, 0.3) is 22.2 Å². The summed E-state index contributed by atoms with van der Waals surface area (Å²) in [5.41, 5.74) is 0.620. The molecule has 0 bridgehead atoms. The van der Waals surface area contributed by atoms with Gasteiger partial charge in [0.15, 0.2) is 0 Å². The molecule has 0 amide bonds. The van der Waals surface area contributed by atoms with Crippen LogP contribution >= 0.6 is 11.3 Å². The largest absolute Gasteiger partial charge is 0.333 e. The summed E-state index contributed by atoms with van der Waals surface area (Å²) in [4.78, 5) is 5.86. The predicted molar refractivity (Wildman–Crippen MR) is 107 cm³/mol. The first-order chi connectivity index (χ1) is 13.4. The van der Waals surface area contributed by atoms with Crippen LogP contribution in [-0.2, 0) is 10.0 Å². The minimum atomic E-state index is -3.58. The number of aromatic nitrogens is 2. The normalized spacial score (nSPS) is 12.0. The van der Waals surface area contributed by atoms with Gasteiger partial charge in [0.25, 0.3) is 5.89 Å². The number of halogens is 1. The van der Waals surface area contributed by atoms with Crippen molar-refractivity contribution in [1.29, 1.82) is 0 Å². The van der Waals surface area contributed by atoms with Crippen LogP contribution in [0.2, 0.25) is 0 Å². The lowest BCUT2D eigenvalue weighted by molar-refractivity contribution is 0.419. The third-order valence-corrected chi connectivity index (χ3v) is 7.61. The van der Waals surface area contributed by atoms with Crippen LogP contribution in [0.1, 0.15) is 31.6 Å². The molecule has 0 unspecified atom stereocenters. The second kappa shape index (κ2) is 8.50. The van der Waals surface area contributed by atoms with Crippen LogP contribution in [0.3, 0.4) is 0 Å². The summed E-state index contributed by atoms with van der Waals surface area (Å²) in [5.74, 6) is 0.217. The Hall–Kier alpha value is -2.10. The van der Waals surface area contributed by atoms with Crippen molar-refractivity contribution < 1.29 is 17.3 Å². The maximum Gasteiger partial charge on any atom is 0.268 e. The molecular formula is C19H22FN3O3S2. The lowest BCUT2D eigenvalue weighted by atomic mass is 10.2. The molecule has 2 heterocycles. The third-order valence-electron chi connectivity index (χ3n) is 4.34. The van der Waals surface area contributed by atoms with Gasteiger partial charge in [-0.1, -0.05) is 25.4 Å². The van der Waals surface area contributed by atoms with Crippen LogP contribution < -0.4 is 0 Å². The van der Waals surface area contributed by atoms with Gasteiger partial charge in [-0.15, -0.1) is 11.3 Å². The average molecular weight is 424 g/mol. The molecule has 150 valence electrons. The number of rotatable bonds is 8. The summed E-state index contributed by atoms with van der Waals surface area (Å²) in [7, 11) is -3.58. The molecule has 28 heavy (non-hydrogen) atoms. The number of hydrogen-bond acceptors (Lipinski definition) is 6. The fourth-order valence-corrected chi connectivity index (χ4v) is 5.76. The number of hydrogen-bond donors (Lipinski definition) is 0. The Labute approximate surface area is 168 Å². The third kappa shape index (κ3) is 4.16. The minimum absolute atomic E-state index is 0.241. The minimum Gasteiger partial charge on any atom is -0.333 e. The van der Waals surface area contributed by atoms with E-state index in [1.165, 1.54) is 27.8 Å². The Morgan fingerprint density at radius 1 is 1.21 bits per heavy atom. The SMILES string of the molecule is CCCCN(CC)S(=O)(=O)c1cc(-c2nc(-c3ccc(F)cc3)no2)sc1C. The molecule has 3 rings (SSSR count). The molecule has 9 heteroatoms. The van der Waals surface area contributed by atoms with E-state index >= 15 is 0 Å². The molecule has 0 atom stereocenters. The maximum atomic E-state index is 13.1. The van der Waals surface area contributed by atoms with Crippen LogP contribution in [0.5, 0.6) is 0 Å². The molecule has 2 aromatic heterocycles. The van der Waals surface area contributed by atoms with E-state index in [0.717, 1.165) is 12.8 Å². The molecule has 0 N–H and O–H groups in total. The van der Waals surface area contributed by atoms with Crippen molar-refractivity contribution in [3.63, 3.8) is 0 Å². The number of sulfonamides is 1. The average Bonchev–Trinajstić information content (AvgIpc) is 3.30. The summed E-state index contributed by atoms with van der Waals surface area (Å²) < 4.78 is 45.9. The van der Waals surface area contributed by atoms with E-state index in [-0.39, 0.29) is 16.6 Å². The monoisotopic (exact) mass is 423 g/mol. The Kier molecular flexibility index (Phi) is 6.26. The summed E-state index contributed by atoms with van der Waals surface area (Å²) in [5, 5.41) is 3.92. The zero-order valence-electron chi connectivity index (χ0n) is 16.0. The van der Waals surface area contributed by atoms with Crippen molar-refractivity contribution in [3.8, 4) is 22.2 Å². The second-order valence-electron chi connectivity index (χ2n) is 6.31. The van der Waals surface area contributed by atoms with Crippen molar-refractivity contribution in [2.45, 2.75) is 38.5 Å². The molecule has 0 spiro atoms. The van der Waals surface area contributed by atoms with Crippen molar-refractivity contribution in [1.82, 2.24) is 14.4 Å². The van der Waals surface area contributed by atoms with Crippen LogP contribution in [0.15, 0.2) is 39.8 Å². The molecule has 0 radical (unpaired) electrons. The molecule has 0 aliphatic heterocycles. The van der Waals surface area contributed by atoms with Crippen molar-refractivity contribution >= 4 is 21.4 Å². The first-order valence-electron chi connectivity index (χ1n) is 9.07. The van der Waals surface area contributed by atoms with Gasteiger partial charge >= 0.3 is 0 Å². The predicted octanol–water partition coefficient (Wildman–Crippen LogP) is 4.72. The van der Waals surface area contributed by atoms with Crippen LogP contribution in [-0.4, -0.2) is 36.0 Å². The van der Waals surface area contributed by atoms with E-state index in [1.807, 2.05) is 13.8 Å². The highest BCUT2D eigenvalue weighted by molar-refractivity contribution is 7.89. The van der Waals surface area contributed by atoms with E-state index in [0.29, 0.717) is 34.2 Å². The fourth-order valence-electron chi connectivity index (χ4n) is 2.79. The second-order valence-corrected chi connectivity index (χ2v) is 9.47. The summed E-state index contributed by atoms with van der Waals surface area (Å²) >= 11 is 1.29. The number of nitrogens with zero attached hydrogens (tertiary/aromatic N) is 3. The Morgan fingerprint density at radius 2 is 1.93 bits per heavy atom. The maximum absolute atomic E-state index is 13.1. The zero-order chi connectivity index (χ0) is 20.3. The number of benzene rings is 1. The number of aryl methyl sites for hydroxylation is 1. The standard InChI is InChI=1S/C19H22FN3O3S2/c1-4-6-11-23(5-2)28(24,25)17-12-16(27-13(17)3)19-21-18(22-26-19)14-7-9-15(20)10-8-14/h7-10,12H,4-6,11H2,1-3H3. The molecule has 0 aliphatic rings. The van der Waals surface area contributed by atoms with E-state index in [1.54, 1.807) is 25.1 Å². The highest BCUT2D eigenvalue weighted by Crippen LogP contribution is 2.35. The van der Waals surface area contributed by atoms with Crippen molar-refractivity contribution in [3.05, 3.63) is 41.0 Å². The lowest BCUT2D eigenvalue weighted by Gasteiger charge is -2.19. The molecule has 0 aliphatic carbocycles. The first-order valence-corrected chi connectivity index (χ1v) is 11.3. The van der Waals surface area contributed by atoms with Gasteiger partial charge < -0.3 is 4.52 Å².